The van der Waals surface area contributed by atoms with E-state index in [2.05, 4.69) is 191 Å². The van der Waals surface area contributed by atoms with E-state index in [1.165, 1.54) is 68.7 Å². The number of anilines is 3. The number of hydrogen-bond acceptors (Lipinski definition) is 1. The predicted octanol–water partition coefficient (Wildman–Crippen LogP) is 12.4. The van der Waals surface area contributed by atoms with E-state index in [9.17, 15) is 0 Å². The fourth-order valence-corrected chi connectivity index (χ4v) is 9.98. The van der Waals surface area contributed by atoms with E-state index < -0.39 is 0 Å². The maximum atomic E-state index is 2.48. The molecule has 0 amide bonds. The molecule has 0 bridgehead atoms. The molecule has 0 aliphatic carbocycles. The first-order valence-electron chi connectivity index (χ1n) is 16.7. The van der Waals surface area contributed by atoms with Gasteiger partial charge in [0.15, 0.2) is 0 Å². The molecule has 10 rings (SSSR count). The fourth-order valence-electron chi connectivity index (χ4n) is 7.59. The van der Waals surface area contributed by atoms with E-state index in [1.54, 1.807) is 0 Å². The first kappa shape index (κ1) is 28.2. The zero-order valence-corrected chi connectivity index (χ0v) is 28.3. The number of nitrogens with zero attached hydrogens (tertiary/aromatic N) is 2. The van der Waals surface area contributed by atoms with Crippen LogP contribution in [0.15, 0.2) is 182 Å². The summed E-state index contributed by atoms with van der Waals surface area (Å²) in [5.41, 5.74) is 9.45. The van der Waals surface area contributed by atoms with Gasteiger partial charge in [-0.1, -0.05) is 0 Å². The Morgan fingerprint density at radius 3 is 1.90 bits per heavy atom. The number of benzene rings is 8. The van der Waals surface area contributed by atoms with Crippen molar-refractivity contribution < 1.29 is 0 Å². The second-order valence-electron chi connectivity index (χ2n) is 12.5. The van der Waals surface area contributed by atoms with Crippen molar-refractivity contribution in [3.8, 4) is 16.8 Å². The van der Waals surface area contributed by atoms with Gasteiger partial charge in [-0.2, -0.15) is 0 Å². The third kappa shape index (κ3) is 4.55. The molecule has 49 heavy (non-hydrogen) atoms. The Kier molecular flexibility index (Phi) is 6.55. The van der Waals surface area contributed by atoms with Gasteiger partial charge in [0.2, 0.25) is 0 Å². The van der Waals surface area contributed by atoms with Crippen molar-refractivity contribution in [3.05, 3.63) is 182 Å². The summed E-state index contributed by atoms with van der Waals surface area (Å²) in [6.07, 6.45) is 0. The van der Waals surface area contributed by atoms with Gasteiger partial charge in [-0.3, -0.25) is 0 Å². The van der Waals surface area contributed by atoms with Crippen LogP contribution < -0.4 is 4.90 Å². The topological polar surface area (TPSA) is 8.17 Å². The van der Waals surface area contributed by atoms with Crippen LogP contribution in [-0.4, -0.2) is 19.1 Å². The normalized spacial score (nSPS) is 11.7. The van der Waals surface area contributed by atoms with Gasteiger partial charge in [0.1, 0.15) is 0 Å². The minimum atomic E-state index is 0.256. The van der Waals surface area contributed by atoms with Crippen LogP contribution in [0.4, 0.5) is 17.1 Å². The number of hydrogen-bond donors (Lipinski definition) is 0. The van der Waals surface area contributed by atoms with Crippen molar-refractivity contribution in [3.63, 3.8) is 0 Å². The quantitative estimate of drug-likeness (QED) is 0.163. The van der Waals surface area contributed by atoms with Gasteiger partial charge in [-0.25, -0.2) is 0 Å². The Labute approximate surface area is 290 Å². The summed E-state index contributed by atoms with van der Waals surface area (Å²) in [5.74, 6) is 0. The van der Waals surface area contributed by atoms with E-state index in [0.29, 0.717) is 0 Å². The average Bonchev–Trinajstić information content (AvgIpc) is 3.70. The molecule has 10 aromatic rings. The molecule has 3 heteroatoms. The first-order chi connectivity index (χ1) is 24.3. The molecule has 0 saturated carbocycles. The minimum absolute atomic E-state index is 0.256. The number of fused-ring (bicyclic) bond motifs is 7. The standard InChI is InChI=1S/C46H30N2Se/c1-2-15-32(16-3-1)48-43-23-10-7-19-38(43)39-27-25-33(29-44(39)48)47(34-26-28-41-40-20-8-11-24-45(40)49-46(41)30-34)42-22-9-6-18-37(42)36-21-12-14-31-13-4-5-17-35(31)36/h1-30H. The Hall–Kier alpha value is -5.86. The van der Waals surface area contributed by atoms with Gasteiger partial charge >= 0.3 is 292 Å². The molecule has 0 N–H and O–H groups in total. The monoisotopic (exact) mass is 690 g/mol. The Morgan fingerprint density at radius 2 is 1.00 bits per heavy atom. The Bertz CT molecular complexity index is 2840. The molecule has 0 aliphatic rings. The summed E-state index contributed by atoms with van der Waals surface area (Å²) in [5, 5.41) is 7.74. The summed E-state index contributed by atoms with van der Waals surface area (Å²) in [6, 6.07) is 66.7. The van der Waals surface area contributed by atoms with Crippen molar-refractivity contribution in [2.24, 2.45) is 0 Å². The molecule has 0 saturated heterocycles. The van der Waals surface area contributed by atoms with Crippen LogP contribution in [0.2, 0.25) is 0 Å². The number of aromatic nitrogens is 1. The molecular formula is C46H30N2Se. The molecule has 0 aliphatic heterocycles. The molecule has 2 nitrogen and oxygen atoms in total. The zero-order valence-electron chi connectivity index (χ0n) is 26.6. The van der Waals surface area contributed by atoms with E-state index in [-0.39, 0.29) is 14.5 Å². The predicted molar refractivity (Wildman–Crippen MR) is 210 cm³/mol. The summed E-state index contributed by atoms with van der Waals surface area (Å²) in [7, 11) is 0. The summed E-state index contributed by atoms with van der Waals surface area (Å²) < 4.78 is 5.29. The third-order valence-corrected chi connectivity index (χ3v) is 12.2. The number of para-hydroxylation sites is 3. The SMILES string of the molecule is c1ccc(-n2c3ccccc3c3ccc(N(c4ccc5c(c4)[se]c4ccccc45)c4ccccc4-c4cccc5ccccc45)cc32)cc1. The van der Waals surface area contributed by atoms with Crippen LogP contribution in [0.25, 0.3) is 68.7 Å². The van der Waals surface area contributed by atoms with Gasteiger partial charge in [-0.15, -0.1) is 0 Å². The summed E-state index contributed by atoms with van der Waals surface area (Å²) in [4.78, 5) is 2.48. The first-order valence-corrected chi connectivity index (χ1v) is 18.4. The van der Waals surface area contributed by atoms with Crippen molar-refractivity contribution in [2.75, 3.05) is 4.90 Å². The molecule has 0 radical (unpaired) electrons. The molecule has 2 aromatic heterocycles. The Balaban J connectivity index is 1.27. The molecule has 2 heterocycles. The second kappa shape index (κ2) is 11.4. The molecule has 0 atom stereocenters. The summed E-state index contributed by atoms with van der Waals surface area (Å²) >= 11 is 0.256. The molecule has 0 fully saturated rings. The van der Waals surface area contributed by atoms with Crippen LogP contribution in [-0.2, 0) is 0 Å². The molecule has 230 valence electrons. The molecule has 0 spiro atoms. The molecule has 8 aromatic carbocycles. The van der Waals surface area contributed by atoms with Gasteiger partial charge in [-0.05, 0) is 0 Å². The Morgan fingerprint density at radius 1 is 0.388 bits per heavy atom. The van der Waals surface area contributed by atoms with E-state index in [4.69, 9.17) is 0 Å². The second-order valence-corrected chi connectivity index (χ2v) is 14.8. The van der Waals surface area contributed by atoms with Crippen LogP contribution in [0.3, 0.4) is 0 Å². The zero-order chi connectivity index (χ0) is 32.3. The van der Waals surface area contributed by atoms with Crippen LogP contribution in [0.1, 0.15) is 0 Å². The molecule has 0 unspecified atom stereocenters. The van der Waals surface area contributed by atoms with Crippen LogP contribution in [0, 0.1) is 0 Å². The van der Waals surface area contributed by atoms with Gasteiger partial charge in [0.25, 0.3) is 0 Å². The fraction of sp³-hybridized carbons (Fsp3) is 0. The average molecular weight is 690 g/mol. The van der Waals surface area contributed by atoms with Gasteiger partial charge in [0.05, 0.1) is 0 Å². The van der Waals surface area contributed by atoms with Crippen LogP contribution >= 0.6 is 0 Å². The molecular weight excluding hydrogens is 659 g/mol. The van der Waals surface area contributed by atoms with Crippen molar-refractivity contribution >= 4 is 83.4 Å². The van der Waals surface area contributed by atoms with Crippen molar-refractivity contribution in [1.29, 1.82) is 0 Å². The van der Waals surface area contributed by atoms with Crippen molar-refractivity contribution in [1.82, 2.24) is 4.57 Å². The van der Waals surface area contributed by atoms with Gasteiger partial charge in [0, 0.05) is 0 Å². The van der Waals surface area contributed by atoms with Crippen molar-refractivity contribution in [2.45, 2.75) is 0 Å². The van der Waals surface area contributed by atoms with Crippen LogP contribution in [0.5, 0.6) is 0 Å². The summed E-state index contributed by atoms with van der Waals surface area (Å²) in [6.45, 7) is 0. The van der Waals surface area contributed by atoms with E-state index in [1.807, 2.05) is 0 Å². The number of rotatable bonds is 5. The van der Waals surface area contributed by atoms with E-state index in [0.717, 1.165) is 17.1 Å². The van der Waals surface area contributed by atoms with Gasteiger partial charge < -0.3 is 0 Å². The maximum absolute atomic E-state index is 2.48. The van der Waals surface area contributed by atoms with E-state index >= 15 is 0 Å². The third-order valence-electron chi connectivity index (χ3n) is 9.78.